The molecule has 0 aliphatic carbocycles. The molecule has 1 N–H and O–H groups in total. The van der Waals surface area contributed by atoms with Crippen LogP contribution >= 0.6 is 0 Å². The van der Waals surface area contributed by atoms with Crippen LogP contribution in [0.3, 0.4) is 0 Å². The number of anilines is 1. The highest BCUT2D eigenvalue weighted by Gasteiger charge is 2.23. The van der Waals surface area contributed by atoms with Gasteiger partial charge >= 0.3 is 0 Å². The molecular weight excluding hydrogens is 214 g/mol. The van der Waals surface area contributed by atoms with Crippen LogP contribution < -0.4 is 10.2 Å². The van der Waals surface area contributed by atoms with Gasteiger partial charge in [-0.3, -0.25) is 0 Å². The summed E-state index contributed by atoms with van der Waals surface area (Å²) in [5.74, 6) is 0. The van der Waals surface area contributed by atoms with Crippen molar-refractivity contribution in [2.75, 3.05) is 18.5 Å². The monoisotopic (exact) mass is 237 g/mol. The van der Waals surface area contributed by atoms with Crippen LogP contribution in [0.5, 0.6) is 0 Å². The molecule has 1 fully saturated rings. The van der Waals surface area contributed by atoms with Crippen LogP contribution in [-0.4, -0.2) is 24.6 Å². The van der Waals surface area contributed by atoms with Crippen molar-refractivity contribution in [3.05, 3.63) is 12.0 Å². The van der Waals surface area contributed by atoms with E-state index in [9.17, 15) is 0 Å². The normalized spacial score (nSPS) is 21.5. The fourth-order valence-electron chi connectivity index (χ4n) is 2.54. The summed E-state index contributed by atoms with van der Waals surface area (Å²) in [5.41, 5.74) is 0.988. The summed E-state index contributed by atoms with van der Waals surface area (Å²) in [5, 5.41) is 3.10. The fourth-order valence-corrected chi connectivity index (χ4v) is 2.54. The van der Waals surface area contributed by atoms with Gasteiger partial charge in [0.1, 0.15) is 6.26 Å². The first-order valence-electron chi connectivity index (χ1n) is 6.70. The van der Waals surface area contributed by atoms with Crippen LogP contribution in [0.4, 0.5) is 6.01 Å². The Morgan fingerprint density at radius 1 is 1.47 bits per heavy atom. The minimum absolute atomic E-state index is 0.596. The number of nitrogens with one attached hydrogen (secondary N) is 1. The molecule has 1 aliphatic heterocycles. The van der Waals surface area contributed by atoms with Crippen LogP contribution in [0.1, 0.15) is 44.7 Å². The first-order valence-corrected chi connectivity index (χ1v) is 6.70. The molecule has 4 nitrogen and oxygen atoms in total. The zero-order chi connectivity index (χ0) is 12.1. The van der Waals surface area contributed by atoms with Crippen molar-refractivity contribution in [3.8, 4) is 0 Å². The number of rotatable bonds is 4. The van der Waals surface area contributed by atoms with Gasteiger partial charge in [0.2, 0.25) is 0 Å². The van der Waals surface area contributed by atoms with Gasteiger partial charge in [0.25, 0.3) is 6.01 Å². The molecule has 1 aromatic rings. The summed E-state index contributed by atoms with van der Waals surface area (Å²) < 4.78 is 5.62. The molecular formula is C13H23N3O. The molecule has 0 saturated carbocycles. The Kier molecular flexibility index (Phi) is 4.42. The highest BCUT2D eigenvalue weighted by Crippen LogP contribution is 2.25. The van der Waals surface area contributed by atoms with Crippen LogP contribution in [-0.2, 0) is 6.54 Å². The number of oxazole rings is 1. The second-order valence-electron chi connectivity index (χ2n) is 4.76. The molecule has 1 aromatic heterocycles. The lowest BCUT2D eigenvalue weighted by Crippen LogP contribution is -2.34. The topological polar surface area (TPSA) is 41.3 Å². The third kappa shape index (κ3) is 3.00. The lowest BCUT2D eigenvalue weighted by Gasteiger charge is -2.27. The molecule has 0 spiro atoms. The van der Waals surface area contributed by atoms with E-state index < -0.39 is 0 Å². The molecule has 0 aromatic carbocycles. The van der Waals surface area contributed by atoms with E-state index in [2.05, 4.69) is 22.1 Å². The zero-order valence-electron chi connectivity index (χ0n) is 10.9. The lowest BCUT2D eigenvalue weighted by atomic mass is 10.1. The summed E-state index contributed by atoms with van der Waals surface area (Å²) in [7, 11) is 1.93. The molecule has 1 unspecified atom stereocenters. The van der Waals surface area contributed by atoms with E-state index in [1.54, 1.807) is 6.26 Å². The van der Waals surface area contributed by atoms with E-state index in [0.29, 0.717) is 6.04 Å². The van der Waals surface area contributed by atoms with Gasteiger partial charge in [-0.1, -0.05) is 19.8 Å². The van der Waals surface area contributed by atoms with E-state index in [-0.39, 0.29) is 0 Å². The van der Waals surface area contributed by atoms with E-state index >= 15 is 0 Å². The van der Waals surface area contributed by atoms with Crippen molar-refractivity contribution >= 4 is 6.01 Å². The molecule has 4 heteroatoms. The Morgan fingerprint density at radius 3 is 3.12 bits per heavy atom. The van der Waals surface area contributed by atoms with Gasteiger partial charge in [-0.25, -0.2) is 0 Å². The first-order chi connectivity index (χ1) is 8.35. The molecule has 1 aliphatic rings. The van der Waals surface area contributed by atoms with E-state index in [4.69, 9.17) is 4.42 Å². The van der Waals surface area contributed by atoms with Crippen LogP contribution in [0, 0.1) is 0 Å². The Hall–Kier alpha value is -1.03. The third-order valence-corrected chi connectivity index (χ3v) is 3.49. The van der Waals surface area contributed by atoms with Crippen molar-refractivity contribution in [1.29, 1.82) is 0 Å². The summed E-state index contributed by atoms with van der Waals surface area (Å²) in [6.45, 7) is 4.10. The maximum absolute atomic E-state index is 5.62. The van der Waals surface area contributed by atoms with Gasteiger partial charge in [-0.2, -0.15) is 4.98 Å². The molecule has 96 valence electrons. The van der Waals surface area contributed by atoms with E-state index in [1.807, 2.05) is 7.05 Å². The molecule has 17 heavy (non-hydrogen) atoms. The molecule has 1 atom stereocenters. The minimum atomic E-state index is 0.596. The molecule has 2 heterocycles. The second kappa shape index (κ2) is 6.05. The summed E-state index contributed by atoms with van der Waals surface area (Å²) in [6.07, 6.45) is 8.11. The zero-order valence-corrected chi connectivity index (χ0v) is 10.9. The van der Waals surface area contributed by atoms with Crippen molar-refractivity contribution in [2.24, 2.45) is 0 Å². The van der Waals surface area contributed by atoms with E-state index in [1.165, 1.54) is 32.1 Å². The molecule has 0 amide bonds. The number of nitrogens with zero attached hydrogens (tertiary/aromatic N) is 2. The van der Waals surface area contributed by atoms with Crippen molar-refractivity contribution in [1.82, 2.24) is 10.3 Å². The van der Waals surface area contributed by atoms with Gasteiger partial charge in [0.15, 0.2) is 0 Å². The smallest absolute Gasteiger partial charge is 0.297 e. The van der Waals surface area contributed by atoms with Gasteiger partial charge in [-0.15, -0.1) is 0 Å². The first kappa shape index (κ1) is 12.4. The Bertz CT molecular complexity index is 337. The SMILES string of the molecule is CCC1CCCCCN1c1nc(CNC)co1. The molecule has 1 saturated heterocycles. The fraction of sp³-hybridized carbons (Fsp3) is 0.769. The predicted octanol–water partition coefficient (Wildman–Crippen LogP) is 2.55. The second-order valence-corrected chi connectivity index (χ2v) is 4.76. The Labute approximate surface area is 103 Å². The number of aromatic nitrogens is 1. The largest absolute Gasteiger partial charge is 0.432 e. The van der Waals surface area contributed by atoms with Crippen molar-refractivity contribution in [2.45, 2.75) is 51.6 Å². The number of hydrogen-bond acceptors (Lipinski definition) is 4. The third-order valence-electron chi connectivity index (χ3n) is 3.49. The van der Waals surface area contributed by atoms with Gasteiger partial charge in [0, 0.05) is 19.1 Å². The van der Waals surface area contributed by atoms with Gasteiger partial charge in [0.05, 0.1) is 5.69 Å². The minimum Gasteiger partial charge on any atom is -0.432 e. The lowest BCUT2D eigenvalue weighted by molar-refractivity contribution is 0.479. The molecule has 0 radical (unpaired) electrons. The molecule has 0 bridgehead atoms. The maximum Gasteiger partial charge on any atom is 0.297 e. The van der Waals surface area contributed by atoms with Gasteiger partial charge in [-0.05, 0) is 26.3 Å². The highest BCUT2D eigenvalue weighted by atomic mass is 16.4. The van der Waals surface area contributed by atoms with E-state index in [0.717, 1.165) is 24.8 Å². The van der Waals surface area contributed by atoms with Crippen LogP contribution in [0.2, 0.25) is 0 Å². The Balaban J connectivity index is 2.10. The quantitative estimate of drug-likeness (QED) is 0.873. The maximum atomic E-state index is 5.62. The standard InChI is InChI=1S/C13H23N3O/c1-3-12-7-5-4-6-8-16(12)13-15-11(9-14-2)10-17-13/h10,12,14H,3-9H2,1-2H3. The average molecular weight is 237 g/mol. The van der Waals surface area contributed by atoms with Crippen molar-refractivity contribution in [3.63, 3.8) is 0 Å². The summed E-state index contributed by atoms with van der Waals surface area (Å²) in [6, 6.07) is 1.41. The van der Waals surface area contributed by atoms with Crippen LogP contribution in [0.25, 0.3) is 0 Å². The van der Waals surface area contributed by atoms with Gasteiger partial charge < -0.3 is 14.6 Å². The number of hydrogen-bond donors (Lipinski definition) is 1. The summed E-state index contributed by atoms with van der Waals surface area (Å²) >= 11 is 0. The Morgan fingerprint density at radius 2 is 2.35 bits per heavy atom. The van der Waals surface area contributed by atoms with Crippen LogP contribution in [0.15, 0.2) is 10.7 Å². The molecule has 2 rings (SSSR count). The predicted molar refractivity (Wildman–Crippen MR) is 69.2 cm³/mol. The summed E-state index contributed by atoms with van der Waals surface area (Å²) in [4.78, 5) is 6.91. The highest BCUT2D eigenvalue weighted by molar-refractivity contribution is 5.29. The average Bonchev–Trinajstić information content (AvgIpc) is 2.66. The van der Waals surface area contributed by atoms with Crippen molar-refractivity contribution < 1.29 is 4.42 Å².